The van der Waals surface area contributed by atoms with Gasteiger partial charge < -0.3 is 20.5 Å². The van der Waals surface area contributed by atoms with Crippen molar-refractivity contribution in [3.05, 3.63) is 65.7 Å². The summed E-state index contributed by atoms with van der Waals surface area (Å²) in [5, 5.41) is 16.5. The largest absolute Gasteiger partial charge is 0.507 e. The molecule has 0 radical (unpaired) electrons. The van der Waals surface area contributed by atoms with Crippen LogP contribution in [0.25, 0.3) is 16.9 Å². The summed E-state index contributed by atoms with van der Waals surface area (Å²) in [5.74, 6) is 0.283. The van der Waals surface area contributed by atoms with E-state index in [0.29, 0.717) is 28.2 Å². The van der Waals surface area contributed by atoms with E-state index in [-0.39, 0.29) is 17.3 Å². The number of allylic oxidation sites excluding steroid dienone is 3. The SMILES string of the molecule is C/C=C(/C)O/C(=C\C)c1cccc(-c2ccc(NC(C)=O)c(F)c2)c1O.CCCCNCCC. The molecule has 0 saturated heterocycles. The lowest BCUT2D eigenvalue weighted by Crippen LogP contribution is -2.15. The zero-order valence-electron chi connectivity index (χ0n) is 21.3. The van der Waals surface area contributed by atoms with Crippen LogP contribution >= 0.6 is 0 Å². The van der Waals surface area contributed by atoms with Gasteiger partial charge in [-0.25, -0.2) is 4.39 Å². The summed E-state index contributed by atoms with van der Waals surface area (Å²) in [6, 6.07) is 9.58. The number of halogens is 1. The smallest absolute Gasteiger partial charge is 0.221 e. The molecule has 0 spiro atoms. The fraction of sp³-hybridized carbons (Fsp3) is 0.393. The topological polar surface area (TPSA) is 70.6 Å². The Labute approximate surface area is 203 Å². The highest BCUT2D eigenvalue weighted by molar-refractivity contribution is 5.89. The number of hydrogen-bond acceptors (Lipinski definition) is 4. The van der Waals surface area contributed by atoms with Crippen LogP contribution in [-0.4, -0.2) is 24.1 Å². The predicted octanol–water partition coefficient (Wildman–Crippen LogP) is 7.24. The fourth-order valence-electron chi connectivity index (χ4n) is 3.05. The lowest BCUT2D eigenvalue weighted by Gasteiger charge is -2.15. The van der Waals surface area contributed by atoms with Crippen LogP contribution in [0.15, 0.2) is 54.3 Å². The Balaban J connectivity index is 0.000000620. The summed E-state index contributed by atoms with van der Waals surface area (Å²) < 4.78 is 20.0. The minimum atomic E-state index is -0.574. The van der Waals surface area contributed by atoms with Gasteiger partial charge in [0.25, 0.3) is 0 Å². The number of unbranched alkanes of at least 4 members (excludes halogenated alkanes) is 1. The van der Waals surface area contributed by atoms with Gasteiger partial charge in [0.05, 0.1) is 17.0 Å². The molecule has 0 atom stereocenters. The van der Waals surface area contributed by atoms with E-state index in [1.54, 1.807) is 30.3 Å². The average Bonchev–Trinajstić information content (AvgIpc) is 2.82. The molecule has 34 heavy (non-hydrogen) atoms. The summed E-state index contributed by atoms with van der Waals surface area (Å²) in [7, 11) is 0. The van der Waals surface area contributed by atoms with Crippen LogP contribution in [0.5, 0.6) is 5.75 Å². The van der Waals surface area contributed by atoms with E-state index in [0.717, 1.165) is 0 Å². The van der Waals surface area contributed by atoms with E-state index in [9.17, 15) is 14.3 Å². The van der Waals surface area contributed by atoms with Crippen molar-refractivity contribution in [3.63, 3.8) is 0 Å². The number of rotatable bonds is 10. The summed E-state index contributed by atoms with van der Waals surface area (Å²) in [4.78, 5) is 11.1. The third-order valence-corrected chi connectivity index (χ3v) is 4.97. The molecule has 0 aliphatic heterocycles. The maximum atomic E-state index is 14.2. The summed E-state index contributed by atoms with van der Waals surface area (Å²) in [5.41, 5.74) is 1.57. The van der Waals surface area contributed by atoms with E-state index >= 15 is 0 Å². The Hall–Kier alpha value is -3.12. The van der Waals surface area contributed by atoms with Crippen molar-refractivity contribution >= 4 is 17.4 Å². The van der Waals surface area contributed by atoms with Crippen molar-refractivity contribution in [1.82, 2.24) is 5.32 Å². The zero-order valence-corrected chi connectivity index (χ0v) is 21.3. The number of aromatic hydroxyl groups is 1. The molecule has 6 heteroatoms. The van der Waals surface area contributed by atoms with Gasteiger partial charge in [0, 0.05) is 12.5 Å². The van der Waals surface area contributed by atoms with Gasteiger partial charge in [-0.1, -0.05) is 38.5 Å². The van der Waals surface area contributed by atoms with Gasteiger partial charge in [-0.15, -0.1) is 0 Å². The van der Waals surface area contributed by atoms with Crippen molar-refractivity contribution in [3.8, 4) is 16.9 Å². The zero-order chi connectivity index (χ0) is 25.5. The molecule has 1 amide bonds. The number of nitrogens with one attached hydrogen (secondary N) is 2. The molecule has 0 aromatic heterocycles. The summed E-state index contributed by atoms with van der Waals surface area (Å²) >= 11 is 0. The van der Waals surface area contributed by atoms with E-state index < -0.39 is 5.82 Å². The molecule has 0 aliphatic carbocycles. The lowest BCUT2D eigenvalue weighted by molar-refractivity contribution is -0.114. The lowest BCUT2D eigenvalue weighted by atomic mass is 10.00. The number of anilines is 1. The molecule has 5 nitrogen and oxygen atoms in total. The van der Waals surface area contributed by atoms with Crippen molar-refractivity contribution in [2.24, 2.45) is 0 Å². The normalized spacial score (nSPS) is 11.5. The standard InChI is InChI=1S/C21H22FNO3.C7H17N/c1-5-13(3)26-20(6-2)17-9-7-8-16(21(17)25)15-10-11-19(18(22)12-15)23-14(4)24;1-3-5-7-8-6-4-2/h5-12,25H,1-4H3,(H,23,24);8H,3-7H2,1-2H3/b13-5-,20-6-;. The summed E-state index contributed by atoms with van der Waals surface area (Å²) in [6.45, 7) is 13.6. The number of carbonyl (C=O) groups excluding carboxylic acids is 1. The predicted molar refractivity (Wildman–Crippen MR) is 140 cm³/mol. The molecule has 2 aromatic carbocycles. The minimum Gasteiger partial charge on any atom is -0.507 e. The Morgan fingerprint density at radius 3 is 2.35 bits per heavy atom. The van der Waals surface area contributed by atoms with Gasteiger partial charge in [-0.2, -0.15) is 0 Å². The van der Waals surface area contributed by atoms with Gasteiger partial charge in [0.2, 0.25) is 5.91 Å². The second-order valence-electron chi connectivity index (χ2n) is 7.84. The number of phenols is 1. The van der Waals surface area contributed by atoms with Gasteiger partial charge >= 0.3 is 0 Å². The number of ether oxygens (including phenoxy) is 1. The molecule has 0 fully saturated rings. The maximum absolute atomic E-state index is 14.2. The molecule has 0 bridgehead atoms. The Kier molecular flexibility index (Phi) is 13.3. The third kappa shape index (κ3) is 9.40. The van der Waals surface area contributed by atoms with E-state index in [1.807, 2.05) is 26.8 Å². The molecule has 0 aliphatic rings. The van der Waals surface area contributed by atoms with Crippen LogP contribution in [-0.2, 0) is 9.53 Å². The molecule has 0 heterocycles. The maximum Gasteiger partial charge on any atom is 0.221 e. The molecule has 3 N–H and O–H groups in total. The van der Waals surface area contributed by atoms with Gasteiger partial charge in [0.1, 0.15) is 17.3 Å². The first-order valence-corrected chi connectivity index (χ1v) is 11.9. The Morgan fingerprint density at radius 1 is 1.06 bits per heavy atom. The Bertz CT molecular complexity index is 978. The molecule has 2 rings (SSSR count). The van der Waals surface area contributed by atoms with Crippen molar-refractivity contribution in [1.29, 1.82) is 0 Å². The van der Waals surface area contributed by atoms with Crippen molar-refractivity contribution in [2.75, 3.05) is 18.4 Å². The second-order valence-corrected chi connectivity index (χ2v) is 7.84. The van der Waals surface area contributed by atoms with Gasteiger partial charge in [0.15, 0.2) is 0 Å². The highest BCUT2D eigenvalue weighted by Gasteiger charge is 2.15. The number of phenolic OH excluding ortho intramolecular Hbond substituents is 1. The fourth-order valence-corrected chi connectivity index (χ4v) is 3.05. The summed E-state index contributed by atoms with van der Waals surface area (Å²) in [6.07, 6.45) is 7.45. The average molecular weight is 471 g/mol. The van der Waals surface area contributed by atoms with Gasteiger partial charge in [-0.05, 0) is 82.6 Å². The number of para-hydroxylation sites is 1. The van der Waals surface area contributed by atoms with Crippen LogP contribution < -0.4 is 10.6 Å². The first-order chi connectivity index (χ1) is 16.3. The van der Waals surface area contributed by atoms with Gasteiger partial charge in [-0.3, -0.25) is 4.79 Å². The Morgan fingerprint density at radius 2 is 1.79 bits per heavy atom. The number of hydrogen-bond donors (Lipinski definition) is 3. The third-order valence-electron chi connectivity index (χ3n) is 4.97. The first-order valence-electron chi connectivity index (χ1n) is 11.9. The molecule has 0 unspecified atom stereocenters. The van der Waals surface area contributed by atoms with Crippen LogP contribution in [0, 0.1) is 5.82 Å². The van der Waals surface area contributed by atoms with Crippen molar-refractivity contribution in [2.45, 2.75) is 60.8 Å². The van der Waals surface area contributed by atoms with E-state index in [1.165, 1.54) is 51.4 Å². The van der Waals surface area contributed by atoms with Crippen LogP contribution in [0.2, 0.25) is 0 Å². The van der Waals surface area contributed by atoms with E-state index in [2.05, 4.69) is 24.5 Å². The number of benzene rings is 2. The minimum absolute atomic E-state index is 0.00354. The molecule has 186 valence electrons. The monoisotopic (exact) mass is 470 g/mol. The molecular formula is C28H39FN2O3. The molecule has 0 saturated carbocycles. The van der Waals surface area contributed by atoms with Crippen LogP contribution in [0.4, 0.5) is 10.1 Å². The number of amides is 1. The highest BCUT2D eigenvalue weighted by Crippen LogP contribution is 2.37. The molecule has 2 aromatic rings. The first kappa shape index (κ1) is 28.9. The van der Waals surface area contributed by atoms with Crippen LogP contribution in [0.3, 0.4) is 0 Å². The van der Waals surface area contributed by atoms with Crippen LogP contribution in [0.1, 0.15) is 66.4 Å². The number of carbonyl (C=O) groups is 1. The highest BCUT2D eigenvalue weighted by atomic mass is 19.1. The quantitative estimate of drug-likeness (QED) is 0.253. The van der Waals surface area contributed by atoms with Crippen molar-refractivity contribution < 1.29 is 19.0 Å². The second kappa shape index (κ2) is 15.7. The van der Waals surface area contributed by atoms with E-state index in [4.69, 9.17) is 4.74 Å². The molecular weight excluding hydrogens is 431 g/mol.